The Kier molecular flexibility index (Phi) is 2.57. The highest BCUT2D eigenvalue weighted by molar-refractivity contribution is 7.81. The van der Waals surface area contributed by atoms with E-state index >= 15 is 0 Å². The largest absolute Gasteiger partial charge is 0.366 e. The van der Waals surface area contributed by atoms with Gasteiger partial charge in [0.1, 0.15) is 0 Å². The maximum atomic E-state index is 5.46. The number of hydrogen-bond donors (Lipinski definition) is 1. The van der Waals surface area contributed by atoms with Crippen molar-refractivity contribution in [3.8, 4) is 0 Å². The van der Waals surface area contributed by atoms with Gasteiger partial charge in [0, 0.05) is 5.25 Å². The van der Waals surface area contributed by atoms with Gasteiger partial charge in [0.25, 0.3) is 0 Å². The van der Waals surface area contributed by atoms with Crippen molar-refractivity contribution in [3.63, 3.8) is 0 Å². The summed E-state index contributed by atoms with van der Waals surface area (Å²) < 4.78 is 5.46. The van der Waals surface area contributed by atoms with Crippen LogP contribution in [0.15, 0.2) is 25.3 Å². The molecule has 56 valence electrons. The van der Waals surface area contributed by atoms with E-state index in [-0.39, 0.29) is 12.2 Å². The van der Waals surface area contributed by atoms with Crippen LogP contribution in [-0.4, -0.2) is 17.5 Å². The van der Waals surface area contributed by atoms with Crippen LogP contribution < -0.4 is 0 Å². The smallest absolute Gasteiger partial charge is 0.0878 e. The molecule has 1 heterocycles. The van der Waals surface area contributed by atoms with E-state index in [4.69, 9.17) is 4.74 Å². The molecule has 0 aliphatic carbocycles. The topological polar surface area (TPSA) is 9.23 Å². The SMILES string of the molecule is C=CC1CC(S)C(C=C)O1. The van der Waals surface area contributed by atoms with Gasteiger partial charge in [0.15, 0.2) is 0 Å². The van der Waals surface area contributed by atoms with Gasteiger partial charge in [-0.1, -0.05) is 12.2 Å². The fourth-order valence-corrected chi connectivity index (χ4v) is 1.48. The van der Waals surface area contributed by atoms with Crippen molar-refractivity contribution in [2.24, 2.45) is 0 Å². The molecule has 3 unspecified atom stereocenters. The molecule has 0 spiro atoms. The van der Waals surface area contributed by atoms with Crippen molar-refractivity contribution in [3.05, 3.63) is 25.3 Å². The molecular weight excluding hydrogens is 144 g/mol. The molecule has 0 radical (unpaired) electrons. The zero-order chi connectivity index (χ0) is 7.56. The second-order valence-corrected chi connectivity index (χ2v) is 3.08. The van der Waals surface area contributed by atoms with Gasteiger partial charge in [-0.2, -0.15) is 12.6 Å². The van der Waals surface area contributed by atoms with Gasteiger partial charge in [0.05, 0.1) is 12.2 Å². The third kappa shape index (κ3) is 1.44. The summed E-state index contributed by atoms with van der Waals surface area (Å²) in [7, 11) is 0. The molecule has 1 saturated heterocycles. The highest BCUT2D eigenvalue weighted by Crippen LogP contribution is 2.25. The molecule has 0 aromatic carbocycles. The van der Waals surface area contributed by atoms with Crippen molar-refractivity contribution < 1.29 is 4.74 Å². The first-order valence-corrected chi connectivity index (χ1v) is 3.88. The minimum atomic E-state index is 0.103. The summed E-state index contributed by atoms with van der Waals surface area (Å²) in [5, 5.41) is 0.292. The normalized spacial score (nSPS) is 39.5. The Morgan fingerprint density at radius 1 is 1.40 bits per heavy atom. The van der Waals surface area contributed by atoms with Gasteiger partial charge in [-0.25, -0.2) is 0 Å². The molecular formula is C8H12OS. The van der Waals surface area contributed by atoms with Crippen LogP contribution in [0.3, 0.4) is 0 Å². The lowest BCUT2D eigenvalue weighted by molar-refractivity contribution is 0.102. The third-order valence-corrected chi connectivity index (χ3v) is 2.18. The highest BCUT2D eigenvalue weighted by atomic mass is 32.1. The van der Waals surface area contributed by atoms with Crippen LogP contribution in [0.1, 0.15) is 6.42 Å². The molecule has 0 saturated carbocycles. The summed E-state index contributed by atoms with van der Waals surface area (Å²) in [6.07, 6.45) is 4.83. The predicted octanol–water partition coefficient (Wildman–Crippen LogP) is 1.81. The molecule has 1 rings (SSSR count). The third-order valence-electron chi connectivity index (χ3n) is 1.68. The summed E-state index contributed by atoms with van der Waals surface area (Å²) in [4.78, 5) is 0. The molecule has 2 heteroatoms. The summed E-state index contributed by atoms with van der Waals surface area (Å²) >= 11 is 4.34. The van der Waals surface area contributed by atoms with Crippen molar-refractivity contribution in [2.75, 3.05) is 0 Å². The molecule has 1 aliphatic rings. The fraction of sp³-hybridized carbons (Fsp3) is 0.500. The van der Waals surface area contributed by atoms with Crippen LogP contribution in [-0.2, 0) is 4.74 Å². The lowest BCUT2D eigenvalue weighted by Crippen LogP contribution is -2.11. The van der Waals surface area contributed by atoms with E-state index in [1.165, 1.54) is 0 Å². The van der Waals surface area contributed by atoms with E-state index in [2.05, 4.69) is 25.8 Å². The van der Waals surface area contributed by atoms with Crippen LogP contribution >= 0.6 is 12.6 Å². The molecule has 1 nitrogen and oxygen atoms in total. The lowest BCUT2D eigenvalue weighted by Gasteiger charge is -2.06. The van der Waals surface area contributed by atoms with Gasteiger partial charge in [-0.15, -0.1) is 13.2 Å². The van der Waals surface area contributed by atoms with Crippen molar-refractivity contribution >= 4 is 12.6 Å². The average Bonchev–Trinajstić information content (AvgIpc) is 2.30. The number of rotatable bonds is 2. The van der Waals surface area contributed by atoms with E-state index < -0.39 is 0 Å². The van der Waals surface area contributed by atoms with Gasteiger partial charge < -0.3 is 4.74 Å². The molecule has 1 fully saturated rings. The van der Waals surface area contributed by atoms with Gasteiger partial charge in [-0.05, 0) is 6.42 Å². The number of hydrogen-bond acceptors (Lipinski definition) is 2. The monoisotopic (exact) mass is 156 g/mol. The van der Waals surface area contributed by atoms with Gasteiger partial charge >= 0.3 is 0 Å². The molecule has 0 aromatic heterocycles. The van der Waals surface area contributed by atoms with Crippen LogP contribution in [0.2, 0.25) is 0 Å². The van der Waals surface area contributed by atoms with Gasteiger partial charge in [0.2, 0.25) is 0 Å². The summed E-state index contributed by atoms with van der Waals surface area (Å²) in [6, 6.07) is 0. The molecule has 1 aliphatic heterocycles. The lowest BCUT2D eigenvalue weighted by atomic mass is 10.2. The zero-order valence-electron chi connectivity index (χ0n) is 5.86. The Morgan fingerprint density at radius 2 is 2.10 bits per heavy atom. The van der Waals surface area contributed by atoms with E-state index in [1.54, 1.807) is 6.08 Å². The summed E-state index contributed by atoms with van der Waals surface area (Å²) in [6.45, 7) is 7.31. The van der Waals surface area contributed by atoms with E-state index in [1.807, 2.05) is 6.08 Å². The van der Waals surface area contributed by atoms with Crippen molar-refractivity contribution in [1.29, 1.82) is 0 Å². The molecule has 3 atom stereocenters. The summed E-state index contributed by atoms with van der Waals surface area (Å²) in [5.74, 6) is 0. The highest BCUT2D eigenvalue weighted by Gasteiger charge is 2.28. The Hall–Kier alpha value is -0.210. The van der Waals surface area contributed by atoms with Crippen LogP contribution in [0.4, 0.5) is 0 Å². The van der Waals surface area contributed by atoms with E-state index in [0.29, 0.717) is 5.25 Å². The Bertz CT molecular complexity index is 144. The first-order chi connectivity index (χ1) is 4.77. The minimum Gasteiger partial charge on any atom is -0.366 e. The molecule has 0 N–H and O–H groups in total. The minimum absolute atomic E-state index is 0.103. The maximum absolute atomic E-state index is 5.46. The van der Waals surface area contributed by atoms with Crippen molar-refractivity contribution in [1.82, 2.24) is 0 Å². The van der Waals surface area contributed by atoms with Crippen LogP contribution in [0.5, 0.6) is 0 Å². The Balaban J connectivity index is 2.51. The second kappa shape index (κ2) is 3.26. The predicted molar refractivity (Wildman–Crippen MR) is 46.4 cm³/mol. The quantitative estimate of drug-likeness (QED) is 0.474. The van der Waals surface area contributed by atoms with E-state index in [0.717, 1.165) is 6.42 Å². The van der Waals surface area contributed by atoms with Gasteiger partial charge in [-0.3, -0.25) is 0 Å². The average molecular weight is 156 g/mol. The first-order valence-electron chi connectivity index (χ1n) is 3.36. The molecule has 0 bridgehead atoms. The summed E-state index contributed by atoms with van der Waals surface area (Å²) in [5.41, 5.74) is 0. The standard InChI is InChI=1S/C8H12OS/c1-3-6-5-8(10)7(4-2)9-6/h3-4,6-8,10H,1-2,5H2. The molecule has 10 heavy (non-hydrogen) atoms. The second-order valence-electron chi connectivity index (χ2n) is 2.41. The maximum Gasteiger partial charge on any atom is 0.0878 e. The molecule has 0 aromatic rings. The van der Waals surface area contributed by atoms with Crippen molar-refractivity contribution in [2.45, 2.75) is 23.9 Å². The fourth-order valence-electron chi connectivity index (χ4n) is 1.08. The first kappa shape index (κ1) is 7.89. The number of ether oxygens (including phenoxy) is 1. The van der Waals surface area contributed by atoms with Crippen LogP contribution in [0.25, 0.3) is 0 Å². The zero-order valence-corrected chi connectivity index (χ0v) is 6.76. The Morgan fingerprint density at radius 3 is 2.40 bits per heavy atom. The molecule has 0 amide bonds. The van der Waals surface area contributed by atoms with Crippen LogP contribution in [0, 0.1) is 0 Å². The number of thiol groups is 1. The Labute approximate surface area is 67.2 Å². The van der Waals surface area contributed by atoms with E-state index in [9.17, 15) is 0 Å².